The van der Waals surface area contributed by atoms with Crippen LogP contribution in [0.15, 0.2) is 24.3 Å². The average Bonchev–Trinajstić information content (AvgIpc) is 2.35. The third kappa shape index (κ3) is 3.18. The molecule has 1 aromatic rings. The first kappa shape index (κ1) is 13.1. The number of aliphatic hydroxyl groups is 1. The van der Waals surface area contributed by atoms with Crippen LogP contribution >= 0.6 is 0 Å². The summed E-state index contributed by atoms with van der Waals surface area (Å²) in [6.45, 7) is 2.17. The minimum atomic E-state index is -0.0421. The van der Waals surface area contributed by atoms with Gasteiger partial charge in [0, 0.05) is 12.1 Å². The van der Waals surface area contributed by atoms with Gasteiger partial charge >= 0.3 is 0 Å². The van der Waals surface area contributed by atoms with E-state index in [0.717, 1.165) is 31.6 Å². The van der Waals surface area contributed by atoms with Crippen LogP contribution in [0.1, 0.15) is 55.6 Å². The molecule has 0 bridgehead atoms. The molecule has 0 aromatic heterocycles. The topological polar surface area (TPSA) is 32.3 Å². The molecule has 0 unspecified atom stereocenters. The fourth-order valence-electron chi connectivity index (χ4n) is 3.53. The maximum absolute atomic E-state index is 9.52. The lowest BCUT2D eigenvalue weighted by molar-refractivity contribution is 0.108. The van der Waals surface area contributed by atoms with Crippen molar-refractivity contribution in [1.29, 1.82) is 0 Å². The van der Waals surface area contributed by atoms with E-state index in [1.165, 1.54) is 24.0 Å². The molecule has 0 atom stereocenters. The number of nitrogens with one attached hydrogen (secondary N) is 1. The summed E-state index contributed by atoms with van der Waals surface area (Å²) in [5.41, 5.74) is 2.88. The van der Waals surface area contributed by atoms with Crippen LogP contribution in [-0.4, -0.2) is 23.3 Å². The van der Waals surface area contributed by atoms with Crippen molar-refractivity contribution < 1.29 is 5.11 Å². The molecule has 2 N–H and O–H groups in total. The van der Waals surface area contributed by atoms with E-state index in [0.29, 0.717) is 12.1 Å². The van der Waals surface area contributed by atoms with Gasteiger partial charge in [-0.3, -0.25) is 0 Å². The number of hydrogen-bond donors (Lipinski definition) is 2. The summed E-state index contributed by atoms with van der Waals surface area (Å²) in [5.74, 6) is 0.756. The van der Waals surface area contributed by atoms with E-state index in [1.54, 1.807) is 0 Å². The van der Waals surface area contributed by atoms with Gasteiger partial charge in [-0.05, 0) is 56.9 Å². The molecule has 104 valence electrons. The van der Waals surface area contributed by atoms with Gasteiger partial charge in [0.05, 0.1) is 6.10 Å². The molecule has 2 saturated carbocycles. The molecule has 0 heterocycles. The number of benzene rings is 1. The Hall–Kier alpha value is -0.860. The van der Waals surface area contributed by atoms with Crippen LogP contribution in [0.3, 0.4) is 0 Å². The Kier molecular flexibility index (Phi) is 3.90. The van der Waals surface area contributed by atoms with Crippen LogP contribution < -0.4 is 5.32 Å². The molecule has 1 aromatic carbocycles. The zero-order valence-corrected chi connectivity index (χ0v) is 11.8. The molecule has 19 heavy (non-hydrogen) atoms. The summed E-state index contributed by atoms with van der Waals surface area (Å²) in [6, 6.07) is 10.3. The second kappa shape index (κ2) is 5.64. The first-order valence-electron chi connectivity index (χ1n) is 7.71. The van der Waals surface area contributed by atoms with Crippen molar-refractivity contribution in [3.63, 3.8) is 0 Å². The van der Waals surface area contributed by atoms with Crippen molar-refractivity contribution >= 4 is 0 Å². The Morgan fingerprint density at radius 1 is 1.05 bits per heavy atom. The van der Waals surface area contributed by atoms with Crippen LogP contribution in [-0.2, 0) is 0 Å². The van der Waals surface area contributed by atoms with Gasteiger partial charge in [0.2, 0.25) is 0 Å². The highest BCUT2D eigenvalue weighted by atomic mass is 16.3. The monoisotopic (exact) mass is 259 g/mol. The molecule has 0 spiro atoms. The number of hydrogen-bond acceptors (Lipinski definition) is 2. The van der Waals surface area contributed by atoms with Gasteiger partial charge in [0.15, 0.2) is 0 Å². The summed E-state index contributed by atoms with van der Waals surface area (Å²) >= 11 is 0. The molecule has 2 aliphatic carbocycles. The molecule has 2 fully saturated rings. The maximum Gasteiger partial charge on any atom is 0.0541 e. The summed E-state index contributed by atoms with van der Waals surface area (Å²) in [6.07, 6.45) is 6.77. The van der Waals surface area contributed by atoms with Crippen molar-refractivity contribution in [1.82, 2.24) is 5.32 Å². The molecule has 0 radical (unpaired) electrons. The Balaban J connectivity index is 1.45. The minimum Gasteiger partial charge on any atom is -0.393 e. The largest absolute Gasteiger partial charge is 0.393 e. The van der Waals surface area contributed by atoms with E-state index in [2.05, 4.69) is 36.5 Å². The predicted octanol–water partition coefficient (Wildman–Crippen LogP) is 3.13. The molecular formula is C17H25NO. The lowest BCUT2D eigenvalue weighted by Gasteiger charge is -2.40. The number of rotatable bonds is 3. The molecule has 0 aliphatic heterocycles. The summed E-state index contributed by atoms with van der Waals surface area (Å²) in [5, 5.41) is 13.3. The Bertz CT molecular complexity index is 417. The van der Waals surface area contributed by atoms with Crippen molar-refractivity contribution in [3.05, 3.63) is 35.4 Å². The molecule has 3 rings (SSSR count). The highest BCUT2D eigenvalue weighted by Crippen LogP contribution is 2.37. The summed E-state index contributed by atoms with van der Waals surface area (Å²) < 4.78 is 0. The van der Waals surface area contributed by atoms with E-state index < -0.39 is 0 Å². The third-order valence-corrected chi connectivity index (χ3v) is 4.82. The lowest BCUT2D eigenvalue weighted by atomic mass is 9.75. The first-order valence-corrected chi connectivity index (χ1v) is 7.71. The zero-order chi connectivity index (χ0) is 13.2. The van der Waals surface area contributed by atoms with Crippen molar-refractivity contribution in [3.8, 4) is 0 Å². The Labute approximate surface area is 116 Å². The number of aliphatic hydroxyl groups excluding tert-OH is 1. The first-order chi connectivity index (χ1) is 9.20. The van der Waals surface area contributed by atoms with Crippen molar-refractivity contribution in [2.24, 2.45) is 0 Å². The van der Waals surface area contributed by atoms with Crippen molar-refractivity contribution in [2.45, 2.75) is 69.6 Å². The van der Waals surface area contributed by atoms with E-state index in [9.17, 15) is 5.11 Å². The fraction of sp³-hybridized carbons (Fsp3) is 0.647. The molecule has 0 saturated heterocycles. The van der Waals surface area contributed by atoms with Crippen LogP contribution in [0.25, 0.3) is 0 Å². The third-order valence-electron chi connectivity index (χ3n) is 4.82. The smallest absolute Gasteiger partial charge is 0.0541 e. The van der Waals surface area contributed by atoms with E-state index in [-0.39, 0.29) is 6.10 Å². The average molecular weight is 259 g/mol. The standard InChI is InChI=1S/C17H25NO/c1-12-3-2-4-13(9-12)14-10-16(11-14)18-15-5-7-17(19)8-6-15/h2-4,9,14-19H,5-8,10-11H2,1H3. The molecule has 2 aliphatic rings. The molecular weight excluding hydrogens is 234 g/mol. The van der Waals surface area contributed by atoms with Gasteiger partial charge in [-0.25, -0.2) is 0 Å². The van der Waals surface area contributed by atoms with Crippen LogP contribution in [0, 0.1) is 6.92 Å². The summed E-state index contributed by atoms with van der Waals surface area (Å²) in [7, 11) is 0. The second-order valence-corrected chi connectivity index (χ2v) is 6.45. The highest BCUT2D eigenvalue weighted by Gasteiger charge is 2.32. The Morgan fingerprint density at radius 3 is 2.47 bits per heavy atom. The SMILES string of the molecule is Cc1cccc(C2CC(NC3CCC(O)CC3)C2)c1. The van der Waals surface area contributed by atoms with Crippen LogP contribution in [0.5, 0.6) is 0 Å². The highest BCUT2D eigenvalue weighted by molar-refractivity contribution is 5.27. The van der Waals surface area contributed by atoms with Gasteiger partial charge in [0.25, 0.3) is 0 Å². The van der Waals surface area contributed by atoms with E-state index in [1.807, 2.05) is 0 Å². The van der Waals surface area contributed by atoms with Gasteiger partial charge in [-0.1, -0.05) is 29.8 Å². The fourth-order valence-corrected chi connectivity index (χ4v) is 3.53. The van der Waals surface area contributed by atoms with Gasteiger partial charge < -0.3 is 10.4 Å². The molecule has 2 heteroatoms. The van der Waals surface area contributed by atoms with Crippen molar-refractivity contribution in [2.75, 3.05) is 0 Å². The number of aryl methyl sites for hydroxylation is 1. The molecule has 0 amide bonds. The van der Waals surface area contributed by atoms with Gasteiger partial charge in [-0.15, -0.1) is 0 Å². The van der Waals surface area contributed by atoms with Crippen LogP contribution in [0.4, 0.5) is 0 Å². The quantitative estimate of drug-likeness (QED) is 0.874. The van der Waals surface area contributed by atoms with Gasteiger partial charge in [0.1, 0.15) is 0 Å². The normalized spacial score (nSPS) is 34.8. The van der Waals surface area contributed by atoms with Gasteiger partial charge in [-0.2, -0.15) is 0 Å². The van der Waals surface area contributed by atoms with E-state index >= 15 is 0 Å². The Morgan fingerprint density at radius 2 is 1.79 bits per heavy atom. The second-order valence-electron chi connectivity index (χ2n) is 6.45. The maximum atomic E-state index is 9.52. The lowest BCUT2D eigenvalue weighted by Crippen LogP contribution is -2.47. The predicted molar refractivity (Wildman–Crippen MR) is 78.3 cm³/mol. The summed E-state index contributed by atoms with van der Waals surface area (Å²) in [4.78, 5) is 0. The minimum absolute atomic E-state index is 0.0421. The zero-order valence-electron chi connectivity index (χ0n) is 11.8. The van der Waals surface area contributed by atoms with E-state index in [4.69, 9.17) is 0 Å². The molecule has 2 nitrogen and oxygen atoms in total. The van der Waals surface area contributed by atoms with Crippen LogP contribution in [0.2, 0.25) is 0 Å².